The van der Waals surface area contributed by atoms with Crippen LogP contribution in [0.3, 0.4) is 0 Å². The number of hydrogen-bond donors (Lipinski definition) is 2. The minimum Gasteiger partial charge on any atom is -0.350 e. The molecule has 0 aliphatic carbocycles. The largest absolute Gasteiger partial charge is 0.350 e. The Morgan fingerprint density at radius 3 is 2.06 bits per heavy atom. The predicted molar refractivity (Wildman–Crippen MR) is 135 cm³/mol. The second-order valence-corrected chi connectivity index (χ2v) is 9.34. The van der Waals surface area contributed by atoms with E-state index in [1.165, 1.54) is 16.7 Å². The van der Waals surface area contributed by atoms with Gasteiger partial charge in [0, 0.05) is 28.4 Å². The van der Waals surface area contributed by atoms with E-state index in [4.69, 9.17) is 0 Å². The van der Waals surface area contributed by atoms with Gasteiger partial charge in [-0.05, 0) is 54.4 Å². The maximum Gasteiger partial charge on any atom is 0.278 e. The van der Waals surface area contributed by atoms with Crippen molar-refractivity contribution in [3.05, 3.63) is 101 Å². The van der Waals surface area contributed by atoms with E-state index >= 15 is 0 Å². The highest BCUT2D eigenvalue weighted by Crippen LogP contribution is 2.36. The molecule has 0 bridgehead atoms. The minimum absolute atomic E-state index is 0.155. The van der Waals surface area contributed by atoms with Gasteiger partial charge in [0.25, 0.3) is 17.7 Å². The molecular formula is C27H25N3O3S. The van der Waals surface area contributed by atoms with Gasteiger partial charge < -0.3 is 10.6 Å². The SMILES string of the molecule is CC(C)CN1C(=O)C(Nc2ccccc2)=C(Sc2ccc(NC(=O)c3ccccc3)cc2)C1=O. The molecule has 0 atom stereocenters. The molecule has 0 fully saturated rings. The molecule has 172 valence electrons. The molecule has 0 saturated carbocycles. The predicted octanol–water partition coefficient (Wildman–Crippen LogP) is 5.38. The van der Waals surface area contributed by atoms with Gasteiger partial charge in [0.2, 0.25) is 0 Å². The van der Waals surface area contributed by atoms with Crippen LogP contribution in [0, 0.1) is 5.92 Å². The maximum absolute atomic E-state index is 13.2. The molecule has 3 amide bonds. The molecule has 2 N–H and O–H groups in total. The number of rotatable bonds is 8. The van der Waals surface area contributed by atoms with Crippen LogP contribution in [0.1, 0.15) is 24.2 Å². The molecule has 3 aromatic rings. The third-order valence-corrected chi connectivity index (χ3v) is 6.18. The first-order valence-corrected chi connectivity index (χ1v) is 11.8. The summed E-state index contributed by atoms with van der Waals surface area (Å²) in [6, 6.07) is 25.5. The van der Waals surface area contributed by atoms with E-state index in [9.17, 15) is 14.4 Å². The normalized spacial score (nSPS) is 13.6. The van der Waals surface area contributed by atoms with Gasteiger partial charge in [-0.2, -0.15) is 0 Å². The lowest BCUT2D eigenvalue weighted by Gasteiger charge is -2.17. The van der Waals surface area contributed by atoms with Gasteiger partial charge in [0.15, 0.2) is 0 Å². The topological polar surface area (TPSA) is 78.5 Å². The van der Waals surface area contributed by atoms with Crippen LogP contribution in [-0.4, -0.2) is 29.2 Å². The van der Waals surface area contributed by atoms with Gasteiger partial charge in [-0.25, -0.2) is 0 Å². The van der Waals surface area contributed by atoms with Crippen molar-refractivity contribution in [2.45, 2.75) is 18.7 Å². The first-order chi connectivity index (χ1) is 16.4. The van der Waals surface area contributed by atoms with Crippen molar-refractivity contribution in [1.29, 1.82) is 0 Å². The number of imide groups is 1. The number of amides is 3. The molecule has 1 aliphatic rings. The summed E-state index contributed by atoms with van der Waals surface area (Å²) >= 11 is 1.24. The van der Waals surface area contributed by atoms with Gasteiger partial charge >= 0.3 is 0 Å². The number of carbonyl (C=O) groups excluding carboxylic acids is 3. The lowest BCUT2D eigenvalue weighted by molar-refractivity contribution is -0.137. The Bertz CT molecular complexity index is 1220. The molecule has 4 rings (SSSR count). The van der Waals surface area contributed by atoms with Gasteiger partial charge in [-0.1, -0.05) is 62.0 Å². The van der Waals surface area contributed by atoms with E-state index in [2.05, 4.69) is 10.6 Å². The molecule has 0 aromatic heterocycles. The van der Waals surface area contributed by atoms with Gasteiger partial charge in [0.05, 0.1) is 0 Å². The second-order valence-electron chi connectivity index (χ2n) is 8.26. The van der Waals surface area contributed by atoms with Crippen LogP contribution in [0.25, 0.3) is 0 Å². The van der Waals surface area contributed by atoms with Crippen LogP contribution < -0.4 is 10.6 Å². The lowest BCUT2D eigenvalue weighted by atomic mass is 10.2. The van der Waals surface area contributed by atoms with Gasteiger partial charge in [-0.3, -0.25) is 19.3 Å². The monoisotopic (exact) mass is 471 g/mol. The van der Waals surface area contributed by atoms with Crippen LogP contribution >= 0.6 is 11.8 Å². The molecule has 1 aliphatic heterocycles. The van der Waals surface area contributed by atoms with Crippen molar-refractivity contribution in [3.63, 3.8) is 0 Å². The van der Waals surface area contributed by atoms with E-state index in [1.807, 2.05) is 74.5 Å². The van der Waals surface area contributed by atoms with Crippen molar-refractivity contribution in [2.75, 3.05) is 17.2 Å². The van der Waals surface area contributed by atoms with Crippen LogP contribution in [0.2, 0.25) is 0 Å². The summed E-state index contributed by atoms with van der Waals surface area (Å²) in [4.78, 5) is 41.1. The van der Waals surface area contributed by atoms with Crippen LogP contribution in [0.4, 0.5) is 11.4 Å². The third-order valence-electron chi connectivity index (χ3n) is 5.08. The smallest absolute Gasteiger partial charge is 0.278 e. The fourth-order valence-electron chi connectivity index (χ4n) is 3.47. The fraction of sp³-hybridized carbons (Fsp3) is 0.148. The lowest BCUT2D eigenvalue weighted by Crippen LogP contribution is -2.35. The van der Waals surface area contributed by atoms with Crippen molar-refractivity contribution in [2.24, 2.45) is 5.92 Å². The molecule has 0 unspecified atom stereocenters. The molecule has 0 saturated heterocycles. The zero-order valence-electron chi connectivity index (χ0n) is 18.9. The summed E-state index contributed by atoms with van der Waals surface area (Å²) in [5.74, 6) is -0.665. The van der Waals surface area contributed by atoms with Crippen molar-refractivity contribution < 1.29 is 14.4 Å². The van der Waals surface area contributed by atoms with E-state index < -0.39 is 0 Å². The highest BCUT2D eigenvalue weighted by Gasteiger charge is 2.39. The van der Waals surface area contributed by atoms with Crippen molar-refractivity contribution >= 4 is 40.9 Å². The Balaban J connectivity index is 1.54. The Morgan fingerprint density at radius 2 is 1.44 bits per heavy atom. The zero-order chi connectivity index (χ0) is 24.1. The highest BCUT2D eigenvalue weighted by molar-refractivity contribution is 8.04. The second kappa shape index (κ2) is 10.4. The van der Waals surface area contributed by atoms with E-state index in [-0.39, 0.29) is 29.3 Å². The molecule has 0 spiro atoms. The molecule has 3 aromatic carbocycles. The van der Waals surface area contributed by atoms with Crippen LogP contribution in [0.15, 0.2) is 100 Å². The first kappa shape index (κ1) is 23.3. The summed E-state index contributed by atoms with van der Waals surface area (Å²) in [5.41, 5.74) is 2.23. The average Bonchev–Trinajstić information content (AvgIpc) is 3.05. The van der Waals surface area contributed by atoms with E-state index in [1.54, 1.807) is 24.3 Å². The first-order valence-electron chi connectivity index (χ1n) is 11.0. The summed E-state index contributed by atoms with van der Waals surface area (Å²) < 4.78 is 0. The molecular weight excluding hydrogens is 446 g/mol. The number of nitrogens with zero attached hydrogens (tertiary/aromatic N) is 1. The summed E-state index contributed by atoms with van der Waals surface area (Å²) in [7, 11) is 0. The average molecular weight is 472 g/mol. The van der Waals surface area contributed by atoms with Crippen molar-refractivity contribution in [3.8, 4) is 0 Å². The zero-order valence-corrected chi connectivity index (χ0v) is 19.8. The number of nitrogens with one attached hydrogen (secondary N) is 2. The summed E-state index contributed by atoms with van der Waals surface area (Å²) in [6.07, 6.45) is 0. The number of carbonyl (C=O) groups is 3. The summed E-state index contributed by atoms with van der Waals surface area (Å²) in [6.45, 7) is 4.29. The van der Waals surface area contributed by atoms with E-state index in [0.29, 0.717) is 22.7 Å². The third kappa shape index (κ3) is 5.38. The minimum atomic E-state index is -0.322. The fourth-order valence-corrected chi connectivity index (χ4v) is 4.42. The molecule has 0 radical (unpaired) electrons. The quantitative estimate of drug-likeness (QED) is 0.431. The number of anilines is 2. The molecule has 1 heterocycles. The maximum atomic E-state index is 13.2. The Labute approximate surface area is 203 Å². The van der Waals surface area contributed by atoms with Gasteiger partial charge in [0.1, 0.15) is 10.6 Å². The van der Waals surface area contributed by atoms with Crippen molar-refractivity contribution in [1.82, 2.24) is 4.90 Å². The molecule has 6 nitrogen and oxygen atoms in total. The Morgan fingerprint density at radius 1 is 0.824 bits per heavy atom. The highest BCUT2D eigenvalue weighted by atomic mass is 32.2. The van der Waals surface area contributed by atoms with Gasteiger partial charge in [-0.15, -0.1) is 0 Å². The number of benzene rings is 3. The van der Waals surface area contributed by atoms with Crippen LogP contribution in [0.5, 0.6) is 0 Å². The van der Waals surface area contributed by atoms with E-state index in [0.717, 1.165) is 10.6 Å². The summed E-state index contributed by atoms with van der Waals surface area (Å²) in [5, 5.41) is 6.00. The molecule has 34 heavy (non-hydrogen) atoms. The molecule has 7 heteroatoms. The standard InChI is InChI=1S/C27H25N3O3S/c1-18(2)17-30-26(32)23(28-20-11-7-4-8-12-20)24(27(30)33)34-22-15-13-21(14-16-22)29-25(31)19-9-5-3-6-10-19/h3-16,18,28H,17H2,1-2H3,(H,29,31). The number of thioether (sulfide) groups is 1. The Hall–Kier alpha value is -3.84. The van der Waals surface area contributed by atoms with Crippen LogP contribution in [-0.2, 0) is 9.59 Å². The number of hydrogen-bond acceptors (Lipinski definition) is 5. The Kier molecular flexibility index (Phi) is 7.13. The number of para-hydroxylation sites is 1.